The first-order valence-electron chi connectivity index (χ1n) is 5.83. The number of aliphatic hydroxyl groups is 2. The molecule has 0 amide bonds. The molecule has 0 aliphatic rings. The first-order valence-corrected chi connectivity index (χ1v) is 5.83. The highest BCUT2D eigenvalue weighted by Crippen LogP contribution is 2.40. The predicted molar refractivity (Wildman–Crippen MR) is 64.8 cm³/mol. The second-order valence-electron chi connectivity index (χ2n) is 5.08. The summed E-state index contributed by atoms with van der Waals surface area (Å²) in [5, 5.41) is 20.4. The van der Waals surface area contributed by atoms with Crippen molar-refractivity contribution in [2.75, 3.05) is 0 Å². The van der Waals surface area contributed by atoms with Crippen LogP contribution in [0.1, 0.15) is 53.4 Å². The van der Waals surface area contributed by atoms with Crippen LogP contribution >= 0.6 is 0 Å². The summed E-state index contributed by atoms with van der Waals surface area (Å²) in [5.41, 5.74) is -1.35. The van der Waals surface area contributed by atoms with Crippen molar-refractivity contribution in [1.82, 2.24) is 0 Å². The van der Waals surface area contributed by atoms with Gasteiger partial charge in [0.15, 0.2) is 0 Å². The standard InChI is InChI=1S/C13H26O2/c1-6-8-10-13(15,11(3)14)12(4,5)9-7-2/h7,11,14-15H,2,6,8-10H2,1,3-5H3/t11-,13+/m0/s1. The molecule has 0 unspecified atom stereocenters. The Hall–Kier alpha value is -0.340. The molecule has 0 fully saturated rings. The Balaban J connectivity index is 4.82. The molecule has 0 saturated carbocycles. The summed E-state index contributed by atoms with van der Waals surface area (Å²) in [6.07, 6.45) is 4.40. The fourth-order valence-corrected chi connectivity index (χ4v) is 2.10. The third kappa shape index (κ3) is 3.32. The fraction of sp³-hybridized carbons (Fsp3) is 0.846. The molecule has 0 aromatic heterocycles. The quantitative estimate of drug-likeness (QED) is 0.640. The molecule has 0 spiro atoms. The SMILES string of the molecule is C=CCC(C)(C)[C@@](O)(CCCC)[C@H](C)O. The third-order valence-electron chi connectivity index (χ3n) is 3.43. The first-order chi connectivity index (χ1) is 6.81. The molecule has 2 nitrogen and oxygen atoms in total. The van der Waals surface area contributed by atoms with Crippen LogP contribution in [-0.2, 0) is 0 Å². The van der Waals surface area contributed by atoms with E-state index in [0.717, 1.165) is 12.8 Å². The van der Waals surface area contributed by atoms with Crippen LogP contribution in [0.2, 0.25) is 0 Å². The summed E-state index contributed by atoms with van der Waals surface area (Å²) in [4.78, 5) is 0. The van der Waals surface area contributed by atoms with E-state index in [4.69, 9.17) is 0 Å². The van der Waals surface area contributed by atoms with Crippen LogP contribution in [-0.4, -0.2) is 21.9 Å². The number of hydrogen-bond acceptors (Lipinski definition) is 2. The Labute approximate surface area is 94.0 Å². The molecule has 0 saturated heterocycles. The van der Waals surface area contributed by atoms with Crippen molar-refractivity contribution in [3.63, 3.8) is 0 Å². The second kappa shape index (κ2) is 5.66. The van der Waals surface area contributed by atoms with Gasteiger partial charge in [0.2, 0.25) is 0 Å². The molecule has 2 heteroatoms. The Morgan fingerprint density at radius 3 is 2.27 bits per heavy atom. The summed E-state index contributed by atoms with van der Waals surface area (Å²) in [7, 11) is 0. The average Bonchev–Trinajstić information content (AvgIpc) is 2.13. The van der Waals surface area contributed by atoms with E-state index < -0.39 is 11.7 Å². The van der Waals surface area contributed by atoms with Crippen LogP contribution in [0.5, 0.6) is 0 Å². The topological polar surface area (TPSA) is 40.5 Å². The molecular formula is C13H26O2. The third-order valence-corrected chi connectivity index (χ3v) is 3.43. The first kappa shape index (κ1) is 14.7. The van der Waals surface area contributed by atoms with Crippen molar-refractivity contribution in [2.24, 2.45) is 5.41 Å². The number of hydrogen-bond donors (Lipinski definition) is 2. The van der Waals surface area contributed by atoms with Crippen LogP contribution in [0.3, 0.4) is 0 Å². The summed E-state index contributed by atoms with van der Waals surface area (Å²) in [6, 6.07) is 0. The smallest absolute Gasteiger partial charge is 0.0956 e. The van der Waals surface area contributed by atoms with Crippen LogP contribution in [0.15, 0.2) is 12.7 Å². The van der Waals surface area contributed by atoms with E-state index in [2.05, 4.69) is 13.5 Å². The summed E-state index contributed by atoms with van der Waals surface area (Å²) in [6.45, 7) is 11.4. The number of aliphatic hydroxyl groups excluding tert-OH is 1. The van der Waals surface area contributed by atoms with Gasteiger partial charge < -0.3 is 10.2 Å². The van der Waals surface area contributed by atoms with E-state index in [1.54, 1.807) is 13.0 Å². The fourth-order valence-electron chi connectivity index (χ4n) is 2.10. The maximum atomic E-state index is 10.6. The number of unbranched alkanes of at least 4 members (excludes halogenated alkanes) is 1. The highest BCUT2D eigenvalue weighted by Gasteiger charge is 2.45. The second-order valence-corrected chi connectivity index (χ2v) is 5.08. The lowest BCUT2D eigenvalue weighted by Crippen LogP contribution is -2.52. The lowest BCUT2D eigenvalue weighted by atomic mass is 9.67. The van der Waals surface area contributed by atoms with E-state index in [1.165, 1.54) is 0 Å². The molecule has 0 aromatic carbocycles. The van der Waals surface area contributed by atoms with E-state index >= 15 is 0 Å². The monoisotopic (exact) mass is 214 g/mol. The maximum Gasteiger partial charge on any atom is 0.0956 e. The largest absolute Gasteiger partial charge is 0.390 e. The maximum absolute atomic E-state index is 10.6. The Kier molecular flexibility index (Phi) is 5.54. The van der Waals surface area contributed by atoms with E-state index in [1.807, 2.05) is 13.8 Å². The zero-order valence-electron chi connectivity index (χ0n) is 10.6. The van der Waals surface area contributed by atoms with Gasteiger partial charge in [-0.1, -0.05) is 39.7 Å². The molecule has 0 aliphatic heterocycles. The highest BCUT2D eigenvalue weighted by atomic mass is 16.3. The zero-order valence-corrected chi connectivity index (χ0v) is 10.6. The van der Waals surface area contributed by atoms with Crippen molar-refractivity contribution >= 4 is 0 Å². The van der Waals surface area contributed by atoms with Gasteiger partial charge in [-0.15, -0.1) is 6.58 Å². The van der Waals surface area contributed by atoms with Gasteiger partial charge in [-0.2, -0.15) is 0 Å². The zero-order chi connectivity index (χ0) is 12.1. The van der Waals surface area contributed by atoms with Gasteiger partial charge in [0.25, 0.3) is 0 Å². The van der Waals surface area contributed by atoms with Crippen LogP contribution < -0.4 is 0 Å². The molecule has 90 valence electrons. The summed E-state index contributed by atoms with van der Waals surface area (Å²) >= 11 is 0. The molecule has 2 N–H and O–H groups in total. The average molecular weight is 214 g/mol. The lowest BCUT2D eigenvalue weighted by molar-refractivity contribution is -0.146. The highest BCUT2D eigenvalue weighted by molar-refractivity contribution is 4.99. The van der Waals surface area contributed by atoms with E-state index in [-0.39, 0.29) is 5.41 Å². The van der Waals surface area contributed by atoms with Crippen LogP contribution in [0.4, 0.5) is 0 Å². The Bertz CT molecular complexity index is 197. The van der Waals surface area contributed by atoms with E-state index in [0.29, 0.717) is 12.8 Å². The Morgan fingerprint density at radius 2 is 1.93 bits per heavy atom. The molecule has 0 heterocycles. The van der Waals surface area contributed by atoms with Gasteiger partial charge >= 0.3 is 0 Å². The molecule has 0 aliphatic carbocycles. The number of rotatable bonds is 7. The van der Waals surface area contributed by atoms with Gasteiger partial charge in [-0.3, -0.25) is 0 Å². The normalized spacial score (nSPS) is 18.3. The van der Waals surface area contributed by atoms with Crippen molar-refractivity contribution in [2.45, 2.75) is 65.1 Å². The molecule has 0 rings (SSSR count). The van der Waals surface area contributed by atoms with Crippen molar-refractivity contribution < 1.29 is 10.2 Å². The summed E-state index contributed by atoms with van der Waals surface area (Å²) < 4.78 is 0. The van der Waals surface area contributed by atoms with Gasteiger partial charge in [-0.05, 0) is 25.2 Å². The minimum atomic E-state index is -1.02. The Morgan fingerprint density at radius 1 is 1.40 bits per heavy atom. The number of allylic oxidation sites excluding steroid dienone is 1. The van der Waals surface area contributed by atoms with Gasteiger partial charge in [0.1, 0.15) is 0 Å². The lowest BCUT2D eigenvalue weighted by Gasteiger charge is -2.44. The molecule has 2 atom stereocenters. The molecule has 15 heavy (non-hydrogen) atoms. The minimum absolute atomic E-state index is 0.335. The van der Waals surface area contributed by atoms with Gasteiger partial charge in [0.05, 0.1) is 11.7 Å². The van der Waals surface area contributed by atoms with Crippen molar-refractivity contribution in [3.8, 4) is 0 Å². The van der Waals surface area contributed by atoms with Crippen LogP contribution in [0.25, 0.3) is 0 Å². The summed E-state index contributed by atoms with van der Waals surface area (Å²) in [5.74, 6) is 0. The minimum Gasteiger partial charge on any atom is -0.390 e. The molecular weight excluding hydrogens is 188 g/mol. The van der Waals surface area contributed by atoms with Gasteiger partial charge in [-0.25, -0.2) is 0 Å². The van der Waals surface area contributed by atoms with Crippen LogP contribution in [0, 0.1) is 5.41 Å². The molecule has 0 bridgehead atoms. The van der Waals surface area contributed by atoms with Gasteiger partial charge in [0, 0.05) is 0 Å². The predicted octanol–water partition coefficient (Wildman–Crippen LogP) is 2.89. The van der Waals surface area contributed by atoms with Crippen molar-refractivity contribution in [3.05, 3.63) is 12.7 Å². The van der Waals surface area contributed by atoms with Crippen molar-refractivity contribution in [1.29, 1.82) is 0 Å². The van der Waals surface area contributed by atoms with E-state index in [9.17, 15) is 10.2 Å². The molecule has 0 radical (unpaired) electrons. The molecule has 0 aromatic rings.